The number of rotatable bonds is 5. The van der Waals surface area contributed by atoms with Gasteiger partial charge in [0.2, 0.25) is 5.91 Å². The smallest absolute Gasteiger partial charge is 0.230 e. The van der Waals surface area contributed by atoms with Gasteiger partial charge in [-0.1, -0.05) is 13.8 Å². The highest BCUT2D eigenvalue weighted by atomic mass is 16.2. The number of carbonyl (C=O) groups is 1. The van der Waals surface area contributed by atoms with E-state index in [1.54, 1.807) is 0 Å². The van der Waals surface area contributed by atoms with E-state index in [9.17, 15) is 4.79 Å². The van der Waals surface area contributed by atoms with E-state index in [1.165, 1.54) is 12.8 Å². The largest absolute Gasteiger partial charge is 0.339 e. The van der Waals surface area contributed by atoms with E-state index in [-0.39, 0.29) is 5.41 Å². The highest BCUT2D eigenvalue weighted by Crippen LogP contribution is 2.47. The molecule has 3 nitrogen and oxygen atoms in total. The Kier molecular flexibility index (Phi) is 3.24. The lowest BCUT2D eigenvalue weighted by Crippen LogP contribution is -2.55. The van der Waals surface area contributed by atoms with E-state index in [1.807, 2.05) is 0 Å². The molecule has 0 bridgehead atoms. The lowest BCUT2D eigenvalue weighted by atomic mass is 9.61. The van der Waals surface area contributed by atoms with Gasteiger partial charge in [-0.15, -0.1) is 0 Å². The minimum atomic E-state index is -0.197. The maximum absolute atomic E-state index is 12.5. The van der Waals surface area contributed by atoms with Crippen LogP contribution in [-0.2, 0) is 4.79 Å². The molecular formula is C13H24N2O. The molecule has 2 aliphatic carbocycles. The number of hydrogen-bond acceptors (Lipinski definition) is 2. The van der Waals surface area contributed by atoms with E-state index in [0.29, 0.717) is 24.4 Å². The zero-order valence-electron chi connectivity index (χ0n) is 10.5. The van der Waals surface area contributed by atoms with Crippen molar-refractivity contribution in [1.29, 1.82) is 0 Å². The van der Waals surface area contributed by atoms with Crippen LogP contribution in [0.1, 0.15) is 46.0 Å². The van der Waals surface area contributed by atoms with Crippen molar-refractivity contribution >= 4 is 5.91 Å². The molecule has 2 fully saturated rings. The van der Waals surface area contributed by atoms with Crippen LogP contribution in [0.2, 0.25) is 0 Å². The molecule has 1 amide bonds. The van der Waals surface area contributed by atoms with Crippen LogP contribution in [0.4, 0.5) is 0 Å². The molecule has 0 radical (unpaired) electrons. The number of carbonyl (C=O) groups excluding carboxylic acids is 1. The third-order valence-corrected chi connectivity index (χ3v) is 4.04. The van der Waals surface area contributed by atoms with Gasteiger partial charge in [0.1, 0.15) is 0 Å². The molecule has 0 unspecified atom stereocenters. The molecule has 0 heterocycles. The maximum Gasteiger partial charge on any atom is 0.230 e. The second kappa shape index (κ2) is 4.36. The summed E-state index contributed by atoms with van der Waals surface area (Å²) in [5.74, 6) is 1.02. The molecule has 0 aliphatic heterocycles. The Morgan fingerprint density at radius 1 is 1.44 bits per heavy atom. The molecular weight excluding hydrogens is 200 g/mol. The van der Waals surface area contributed by atoms with Gasteiger partial charge in [0.25, 0.3) is 0 Å². The van der Waals surface area contributed by atoms with Crippen molar-refractivity contribution in [1.82, 2.24) is 4.90 Å². The summed E-state index contributed by atoms with van der Waals surface area (Å²) in [6, 6.07) is 0.534. The molecule has 0 aromatic rings. The summed E-state index contributed by atoms with van der Waals surface area (Å²) in [4.78, 5) is 14.7. The normalized spacial score (nSPS) is 33.3. The average Bonchev–Trinajstić information content (AvgIpc) is 3.04. The van der Waals surface area contributed by atoms with Crippen LogP contribution < -0.4 is 5.73 Å². The van der Waals surface area contributed by atoms with Gasteiger partial charge in [-0.05, 0) is 38.0 Å². The van der Waals surface area contributed by atoms with Gasteiger partial charge in [-0.3, -0.25) is 4.79 Å². The number of nitrogens with zero attached hydrogens (tertiary/aromatic N) is 1. The van der Waals surface area contributed by atoms with Crippen molar-refractivity contribution in [2.24, 2.45) is 17.1 Å². The van der Waals surface area contributed by atoms with E-state index in [4.69, 9.17) is 5.73 Å². The molecule has 0 aromatic heterocycles. The summed E-state index contributed by atoms with van der Waals surface area (Å²) < 4.78 is 0. The molecule has 2 aliphatic rings. The summed E-state index contributed by atoms with van der Waals surface area (Å²) in [5, 5.41) is 0. The van der Waals surface area contributed by atoms with Gasteiger partial charge in [-0.25, -0.2) is 0 Å². The number of nitrogens with two attached hydrogens (primary N) is 1. The predicted octanol–water partition coefficient (Wildman–Crippen LogP) is 1.76. The quantitative estimate of drug-likeness (QED) is 0.773. The van der Waals surface area contributed by atoms with Crippen molar-refractivity contribution in [3.05, 3.63) is 0 Å². The van der Waals surface area contributed by atoms with Gasteiger partial charge < -0.3 is 10.6 Å². The first-order valence-corrected chi connectivity index (χ1v) is 6.64. The van der Waals surface area contributed by atoms with Crippen LogP contribution in [0.15, 0.2) is 0 Å². The topological polar surface area (TPSA) is 46.3 Å². The first kappa shape index (κ1) is 11.9. The van der Waals surface area contributed by atoms with Crippen LogP contribution in [0.25, 0.3) is 0 Å². The lowest BCUT2D eigenvalue weighted by Gasteiger charge is -2.47. The van der Waals surface area contributed by atoms with Gasteiger partial charge in [-0.2, -0.15) is 0 Å². The molecule has 2 N–H and O–H groups in total. The second-order valence-corrected chi connectivity index (χ2v) is 5.73. The van der Waals surface area contributed by atoms with Crippen molar-refractivity contribution < 1.29 is 4.79 Å². The first-order valence-electron chi connectivity index (χ1n) is 6.64. The Hall–Kier alpha value is -0.570. The Labute approximate surface area is 98.4 Å². The summed E-state index contributed by atoms with van der Waals surface area (Å²) in [6.45, 7) is 5.80. The van der Waals surface area contributed by atoms with Crippen molar-refractivity contribution in [3.8, 4) is 0 Å². The van der Waals surface area contributed by atoms with Crippen LogP contribution in [0, 0.1) is 11.3 Å². The molecule has 0 spiro atoms. The summed E-state index contributed by atoms with van der Waals surface area (Å²) in [5.41, 5.74) is 5.64. The minimum Gasteiger partial charge on any atom is -0.339 e. The Bertz CT molecular complexity index is 267. The molecule has 92 valence electrons. The molecule has 2 rings (SSSR count). The summed E-state index contributed by atoms with van der Waals surface area (Å²) >= 11 is 0. The van der Waals surface area contributed by atoms with Crippen LogP contribution in [0.5, 0.6) is 0 Å². The molecule has 0 saturated heterocycles. The minimum absolute atomic E-state index is 0.197. The van der Waals surface area contributed by atoms with Crippen molar-refractivity contribution in [2.45, 2.75) is 52.0 Å². The first-order chi connectivity index (χ1) is 7.63. The predicted molar refractivity (Wildman–Crippen MR) is 64.9 cm³/mol. The van der Waals surface area contributed by atoms with Crippen LogP contribution >= 0.6 is 0 Å². The van der Waals surface area contributed by atoms with Crippen LogP contribution in [0.3, 0.4) is 0 Å². The zero-order valence-corrected chi connectivity index (χ0v) is 10.5. The zero-order chi connectivity index (χ0) is 11.8. The van der Waals surface area contributed by atoms with Gasteiger partial charge in [0.15, 0.2) is 0 Å². The van der Waals surface area contributed by atoms with Crippen molar-refractivity contribution in [3.63, 3.8) is 0 Å². The van der Waals surface area contributed by atoms with Gasteiger partial charge in [0, 0.05) is 19.1 Å². The molecule has 0 aromatic carbocycles. The number of amides is 1. The van der Waals surface area contributed by atoms with Gasteiger partial charge >= 0.3 is 0 Å². The molecule has 0 atom stereocenters. The Morgan fingerprint density at radius 2 is 2.06 bits per heavy atom. The van der Waals surface area contributed by atoms with Crippen molar-refractivity contribution in [2.75, 3.05) is 13.1 Å². The Morgan fingerprint density at radius 3 is 2.44 bits per heavy atom. The van der Waals surface area contributed by atoms with Crippen LogP contribution in [-0.4, -0.2) is 29.9 Å². The molecule has 2 saturated carbocycles. The van der Waals surface area contributed by atoms with E-state index >= 15 is 0 Å². The summed E-state index contributed by atoms with van der Waals surface area (Å²) in [7, 11) is 0. The number of hydrogen-bond donors (Lipinski definition) is 1. The SMILES string of the molecule is CCCN(C(=O)C1(CN)CC(C)C1)C1CC1. The fraction of sp³-hybridized carbons (Fsp3) is 0.923. The third kappa shape index (κ3) is 1.97. The standard InChI is InChI=1S/C13H24N2O/c1-3-6-15(11-4-5-11)12(16)13(9-14)7-10(2)8-13/h10-11H,3-9,14H2,1-2H3. The fourth-order valence-corrected chi connectivity index (χ4v) is 3.08. The Balaban J connectivity index is 2.03. The second-order valence-electron chi connectivity index (χ2n) is 5.73. The summed E-state index contributed by atoms with van der Waals surface area (Å²) in [6.07, 6.45) is 5.44. The molecule has 16 heavy (non-hydrogen) atoms. The highest BCUT2D eigenvalue weighted by Gasteiger charge is 2.50. The highest BCUT2D eigenvalue weighted by molar-refractivity contribution is 5.84. The average molecular weight is 224 g/mol. The van der Waals surface area contributed by atoms with E-state index in [2.05, 4.69) is 18.7 Å². The van der Waals surface area contributed by atoms with E-state index < -0.39 is 0 Å². The lowest BCUT2D eigenvalue weighted by molar-refractivity contribution is -0.150. The molecule has 3 heteroatoms. The third-order valence-electron chi connectivity index (χ3n) is 4.04. The van der Waals surface area contributed by atoms with Gasteiger partial charge in [0.05, 0.1) is 5.41 Å². The van der Waals surface area contributed by atoms with E-state index in [0.717, 1.165) is 25.8 Å². The fourth-order valence-electron chi connectivity index (χ4n) is 3.08. The maximum atomic E-state index is 12.5. The monoisotopic (exact) mass is 224 g/mol.